The van der Waals surface area contributed by atoms with Gasteiger partial charge in [-0.3, -0.25) is 9.78 Å². The number of hydrogen-bond donors (Lipinski definition) is 1. The highest BCUT2D eigenvalue weighted by molar-refractivity contribution is 6.04. The van der Waals surface area contributed by atoms with Crippen molar-refractivity contribution in [2.45, 2.75) is 38.0 Å². The first kappa shape index (κ1) is 13.8. The zero-order valence-corrected chi connectivity index (χ0v) is 12.1. The molecular weight excluding hydrogens is 260 g/mol. The number of carbonyl (C=O) groups excluding carboxylic acids is 1. The smallest absolute Gasteiger partial charge is 0.255 e. The molecule has 2 aromatic rings. The summed E-state index contributed by atoms with van der Waals surface area (Å²) in [4.78, 5) is 16.0. The van der Waals surface area contributed by atoms with Gasteiger partial charge in [0.05, 0.1) is 0 Å². The zero-order valence-electron chi connectivity index (χ0n) is 12.1. The van der Waals surface area contributed by atoms with E-state index in [1.807, 2.05) is 12.1 Å². The lowest BCUT2D eigenvalue weighted by Gasteiger charge is -2.22. The fraction of sp³-hybridized carbons (Fsp3) is 0.333. The molecule has 0 spiro atoms. The number of amides is 1. The van der Waals surface area contributed by atoms with Gasteiger partial charge < -0.3 is 5.32 Å². The molecule has 0 unspecified atom stereocenters. The molecule has 21 heavy (non-hydrogen) atoms. The monoisotopic (exact) mass is 280 g/mol. The number of anilines is 1. The molecule has 1 fully saturated rings. The Morgan fingerprint density at radius 3 is 2.29 bits per heavy atom. The third-order valence-corrected chi connectivity index (χ3v) is 4.19. The van der Waals surface area contributed by atoms with Gasteiger partial charge in [0.25, 0.3) is 5.91 Å². The average Bonchev–Trinajstić information content (AvgIpc) is 2.57. The van der Waals surface area contributed by atoms with Crippen molar-refractivity contribution in [1.29, 1.82) is 0 Å². The molecule has 1 amide bonds. The Morgan fingerprint density at radius 1 is 0.952 bits per heavy atom. The van der Waals surface area contributed by atoms with Crippen LogP contribution >= 0.6 is 0 Å². The molecule has 3 rings (SSSR count). The molecule has 0 aliphatic heterocycles. The lowest BCUT2D eigenvalue weighted by atomic mass is 9.84. The van der Waals surface area contributed by atoms with E-state index in [4.69, 9.17) is 0 Å². The van der Waals surface area contributed by atoms with Crippen LogP contribution in [0.5, 0.6) is 0 Å². The number of nitrogens with one attached hydrogen (secondary N) is 1. The predicted molar refractivity (Wildman–Crippen MR) is 84.5 cm³/mol. The van der Waals surface area contributed by atoms with Gasteiger partial charge in [0.15, 0.2) is 0 Å². The highest BCUT2D eigenvalue weighted by Gasteiger charge is 2.15. The van der Waals surface area contributed by atoms with Crippen LogP contribution in [0, 0.1) is 0 Å². The summed E-state index contributed by atoms with van der Waals surface area (Å²) in [6.45, 7) is 0. The third-order valence-electron chi connectivity index (χ3n) is 4.19. The summed E-state index contributed by atoms with van der Waals surface area (Å²) in [7, 11) is 0. The SMILES string of the molecule is O=C(Nc1ccc(C2CCCCC2)cc1)c1ccncc1. The Hall–Kier alpha value is -2.16. The molecule has 0 atom stereocenters. The maximum Gasteiger partial charge on any atom is 0.255 e. The summed E-state index contributed by atoms with van der Waals surface area (Å²) >= 11 is 0. The van der Waals surface area contributed by atoms with Crippen LogP contribution in [0.3, 0.4) is 0 Å². The lowest BCUT2D eigenvalue weighted by Crippen LogP contribution is -2.12. The van der Waals surface area contributed by atoms with E-state index in [9.17, 15) is 4.79 Å². The Morgan fingerprint density at radius 2 is 1.62 bits per heavy atom. The minimum atomic E-state index is -0.0946. The van der Waals surface area contributed by atoms with Gasteiger partial charge in [0.1, 0.15) is 0 Å². The summed E-state index contributed by atoms with van der Waals surface area (Å²) in [5, 5.41) is 2.92. The van der Waals surface area contributed by atoms with Crippen LogP contribution in [0.15, 0.2) is 48.8 Å². The molecule has 3 nitrogen and oxygen atoms in total. The molecule has 1 saturated carbocycles. The quantitative estimate of drug-likeness (QED) is 0.906. The molecule has 1 aliphatic rings. The van der Waals surface area contributed by atoms with E-state index in [0.717, 1.165) is 5.69 Å². The highest BCUT2D eigenvalue weighted by atomic mass is 16.1. The second kappa shape index (κ2) is 6.53. The van der Waals surface area contributed by atoms with Crippen molar-refractivity contribution in [3.05, 3.63) is 59.9 Å². The van der Waals surface area contributed by atoms with E-state index in [1.165, 1.54) is 37.7 Å². The molecule has 1 heterocycles. The molecule has 108 valence electrons. The largest absolute Gasteiger partial charge is 0.322 e. The number of pyridine rings is 1. The zero-order chi connectivity index (χ0) is 14.5. The molecular formula is C18H20N2O. The van der Waals surface area contributed by atoms with Gasteiger partial charge in [0.2, 0.25) is 0 Å². The van der Waals surface area contributed by atoms with E-state index < -0.39 is 0 Å². The van der Waals surface area contributed by atoms with Crippen LogP contribution in [-0.4, -0.2) is 10.9 Å². The summed E-state index contributed by atoms with van der Waals surface area (Å²) in [5.74, 6) is 0.603. The number of rotatable bonds is 3. The van der Waals surface area contributed by atoms with E-state index >= 15 is 0 Å². The molecule has 1 N–H and O–H groups in total. The lowest BCUT2D eigenvalue weighted by molar-refractivity contribution is 0.102. The highest BCUT2D eigenvalue weighted by Crippen LogP contribution is 2.32. The van der Waals surface area contributed by atoms with Crippen molar-refractivity contribution < 1.29 is 4.79 Å². The van der Waals surface area contributed by atoms with Gasteiger partial charge >= 0.3 is 0 Å². The van der Waals surface area contributed by atoms with Gasteiger partial charge in [-0.1, -0.05) is 31.4 Å². The van der Waals surface area contributed by atoms with Gasteiger partial charge in [-0.2, -0.15) is 0 Å². The minimum absolute atomic E-state index is 0.0946. The average molecular weight is 280 g/mol. The second-order valence-electron chi connectivity index (χ2n) is 5.65. The topological polar surface area (TPSA) is 42.0 Å². The second-order valence-corrected chi connectivity index (χ2v) is 5.65. The molecule has 1 aromatic heterocycles. The standard InChI is InChI=1S/C18H20N2O/c21-18(16-10-12-19-13-11-16)20-17-8-6-15(7-9-17)14-4-2-1-3-5-14/h6-14H,1-5H2,(H,20,21). The first-order valence-electron chi connectivity index (χ1n) is 7.64. The van der Waals surface area contributed by atoms with Crippen LogP contribution in [0.2, 0.25) is 0 Å². The summed E-state index contributed by atoms with van der Waals surface area (Å²) < 4.78 is 0. The first-order chi connectivity index (χ1) is 10.3. The fourth-order valence-electron chi connectivity index (χ4n) is 2.98. The maximum absolute atomic E-state index is 12.1. The number of carbonyl (C=O) groups is 1. The molecule has 0 saturated heterocycles. The van der Waals surface area contributed by atoms with Crippen LogP contribution < -0.4 is 5.32 Å². The van der Waals surface area contributed by atoms with Crippen LogP contribution in [0.4, 0.5) is 5.69 Å². The Kier molecular flexibility index (Phi) is 4.29. The fourth-order valence-corrected chi connectivity index (χ4v) is 2.98. The van der Waals surface area contributed by atoms with Crippen molar-refractivity contribution >= 4 is 11.6 Å². The molecule has 0 bridgehead atoms. The van der Waals surface area contributed by atoms with Crippen LogP contribution in [-0.2, 0) is 0 Å². The predicted octanol–water partition coefficient (Wildman–Crippen LogP) is 4.38. The van der Waals surface area contributed by atoms with Crippen molar-refractivity contribution in [2.75, 3.05) is 5.32 Å². The molecule has 1 aliphatic carbocycles. The van der Waals surface area contributed by atoms with Gasteiger partial charge in [-0.15, -0.1) is 0 Å². The van der Waals surface area contributed by atoms with Crippen molar-refractivity contribution in [1.82, 2.24) is 4.98 Å². The summed E-state index contributed by atoms with van der Waals surface area (Å²) in [6, 6.07) is 11.7. The van der Waals surface area contributed by atoms with E-state index in [0.29, 0.717) is 11.5 Å². The van der Waals surface area contributed by atoms with Gasteiger partial charge in [-0.25, -0.2) is 0 Å². The van der Waals surface area contributed by atoms with E-state index in [-0.39, 0.29) is 5.91 Å². The maximum atomic E-state index is 12.1. The Balaban J connectivity index is 1.65. The third kappa shape index (κ3) is 3.48. The molecule has 3 heteroatoms. The van der Waals surface area contributed by atoms with Crippen molar-refractivity contribution in [3.63, 3.8) is 0 Å². The number of nitrogens with zero attached hydrogens (tertiary/aromatic N) is 1. The number of aromatic nitrogens is 1. The van der Waals surface area contributed by atoms with E-state index in [2.05, 4.69) is 22.4 Å². The number of benzene rings is 1. The molecule has 1 aromatic carbocycles. The minimum Gasteiger partial charge on any atom is -0.322 e. The Labute approximate surface area is 125 Å². The first-order valence-corrected chi connectivity index (χ1v) is 7.64. The normalized spacial score (nSPS) is 15.6. The van der Waals surface area contributed by atoms with E-state index in [1.54, 1.807) is 24.5 Å². The van der Waals surface area contributed by atoms with Crippen molar-refractivity contribution in [2.24, 2.45) is 0 Å². The van der Waals surface area contributed by atoms with Crippen molar-refractivity contribution in [3.8, 4) is 0 Å². The molecule has 0 radical (unpaired) electrons. The summed E-state index contributed by atoms with van der Waals surface area (Å²) in [5.41, 5.74) is 2.87. The summed E-state index contributed by atoms with van der Waals surface area (Å²) in [6.07, 6.45) is 9.89. The van der Waals surface area contributed by atoms with Crippen LogP contribution in [0.25, 0.3) is 0 Å². The Bertz CT molecular complexity index is 586. The van der Waals surface area contributed by atoms with Gasteiger partial charge in [-0.05, 0) is 48.6 Å². The van der Waals surface area contributed by atoms with Crippen LogP contribution in [0.1, 0.15) is 53.9 Å². The van der Waals surface area contributed by atoms with Gasteiger partial charge in [0, 0.05) is 23.6 Å². The number of hydrogen-bond acceptors (Lipinski definition) is 2.